The van der Waals surface area contributed by atoms with Crippen molar-refractivity contribution in [3.63, 3.8) is 0 Å². The molecule has 0 saturated heterocycles. The molecule has 0 bridgehead atoms. The van der Waals surface area contributed by atoms with Crippen LogP contribution in [-0.2, 0) is 0 Å². The van der Waals surface area contributed by atoms with Crippen LogP contribution < -0.4 is 5.32 Å². The average Bonchev–Trinajstić information content (AvgIpc) is 3.24. The zero-order valence-corrected chi connectivity index (χ0v) is 15.6. The largest absolute Gasteiger partial charge is 0.362 e. The molecule has 3 heterocycles. The highest BCUT2D eigenvalue weighted by molar-refractivity contribution is 5.85. The van der Waals surface area contributed by atoms with Crippen LogP contribution in [0.1, 0.15) is 18.5 Å². The number of pyridine rings is 1. The standard InChI is InChI=1S/C22H17FN6/c1-13(28-22-20-21(25-11-24-20)26-12-27-22)16-10-15-8-5-9-17(23)19(15)29-18(16)14-6-3-2-4-7-14/h2-13H,1H3,(H2,24,25,26,27,28). The maximum Gasteiger partial charge on any atom is 0.162 e. The molecule has 3 aromatic heterocycles. The van der Waals surface area contributed by atoms with Gasteiger partial charge in [-0.3, -0.25) is 0 Å². The number of H-pyrrole nitrogens is 1. The normalized spacial score (nSPS) is 12.3. The van der Waals surface area contributed by atoms with Crippen LogP contribution >= 0.6 is 0 Å². The number of aromatic amines is 1. The molecule has 0 aliphatic carbocycles. The first-order chi connectivity index (χ1) is 14.2. The number of halogens is 1. The molecule has 5 aromatic rings. The molecule has 7 heteroatoms. The molecule has 5 rings (SSSR count). The third-order valence-corrected chi connectivity index (χ3v) is 4.91. The van der Waals surface area contributed by atoms with Gasteiger partial charge >= 0.3 is 0 Å². The first-order valence-corrected chi connectivity index (χ1v) is 9.26. The van der Waals surface area contributed by atoms with E-state index in [2.05, 4.69) is 25.3 Å². The summed E-state index contributed by atoms with van der Waals surface area (Å²) in [6, 6.07) is 16.6. The highest BCUT2D eigenvalue weighted by Crippen LogP contribution is 2.32. The number of hydrogen-bond donors (Lipinski definition) is 2. The van der Waals surface area contributed by atoms with E-state index in [1.54, 1.807) is 12.4 Å². The predicted octanol–water partition coefficient (Wildman–Crippen LogP) is 4.88. The van der Waals surface area contributed by atoms with Gasteiger partial charge in [0.05, 0.1) is 18.1 Å². The van der Waals surface area contributed by atoms with Crippen LogP contribution in [0.4, 0.5) is 10.2 Å². The Hall–Kier alpha value is -3.87. The van der Waals surface area contributed by atoms with Crippen molar-refractivity contribution in [2.75, 3.05) is 5.32 Å². The van der Waals surface area contributed by atoms with Gasteiger partial charge in [0.2, 0.25) is 0 Å². The fourth-order valence-corrected chi connectivity index (χ4v) is 3.49. The molecule has 142 valence electrons. The van der Waals surface area contributed by atoms with Crippen molar-refractivity contribution in [2.45, 2.75) is 13.0 Å². The van der Waals surface area contributed by atoms with Gasteiger partial charge in [-0.1, -0.05) is 42.5 Å². The smallest absolute Gasteiger partial charge is 0.162 e. The molecular weight excluding hydrogens is 367 g/mol. The second-order valence-electron chi connectivity index (χ2n) is 6.79. The number of para-hydroxylation sites is 1. The molecule has 0 saturated carbocycles. The van der Waals surface area contributed by atoms with E-state index < -0.39 is 0 Å². The van der Waals surface area contributed by atoms with Gasteiger partial charge in [0, 0.05) is 16.5 Å². The van der Waals surface area contributed by atoms with Crippen LogP contribution in [0.5, 0.6) is 0 Å². The van der Waals surface area contributed by atoms with Crippen LogP contribution in [0.3, 0.4) is 0 Å². The molecule has 29 heavy (non-hydrogen) atoms. The summed E-state index contributed by atoms with van der Waals surface area (Å²) >= 11 is 0. The number of fused-ring (bicyclic) bond motifs is 2. The van der Waals surface area contributed by atoms with Gasteiger partial charge in [-0.05, 0) is 19.1 Å². The van der Waals surface area contributed by atoms with E-state index in [1.807, 2.05) is 49.4 Å². The predicted molar refractivity (Wildman–Crippen MR) is 111 cm³/mol. The molecule has 0 amide bonds. The Bertz CT molecular complexity index is 1320. The molecule has 0 aliphatic rings. The third kappa shape index (κ3) is 3.06. The van der Waals surface area contributed by atoms with E-state index in [0.717, 1.165) is 22.2 Å². The number of nitrogens with zero attached hydrogens (tertiary/aromatic N) is 4. The third-order valence-electron chi connectivity index (χ3n) is 4.91. The van der Waals surface area contributed by atoms with Crippen molar-refractivity contribution >= 4 is 27.9 Å². The monoisotopic (exact) mass is 384 g/mol. The molecule has 0 radical (unpaired) electrons. The number of hydrogen-bond acceptors (Lipinski definition) is 5. The maximum atomic E-state index is 14.4. The van der Waals surface area contributed by atoms with Crippen molar-refractivity contribution < 1.29 is 4.39 Å². The van der Waals surface area contributed by atoms with E-state index in [-0.39, 0.29) is 11.9 Å². The number of imidazole rings is 1. The number of aromatic nitrogens is 5. The highest BCUT2D eigenvalue weighted by Gasteiger charge is 2.18. The molecule has 0 fully saturated rings. The Balaban J connectivity index is 1.65. The number of anilines is 1. The van der Waals surface area contributed by atoms with Crippen molar-refractivity contribution in [3.05, 3.63) is 78.6 Å². The number of nitrogens with one attached hydrogen (secondary N) is 2. The molecule has 1 atom stereocenters. The SMILES string of the molecule is CC(Nc1ncnc2[nH]cnc12)c1cc2cccc(F)c2nc1-c1ccccc1. The van der Waals surface area contributed by atoms with Crippen molar-refractivity contribution in [2.24, 2.45) is 0 Å². The first-order valence-electron chi connectivity index (χ1n) is 9.26. The van der Waals surface area contributed by atoms with Crippen LogP contribution in [0, 0.1) is 5.82 Å². The van der Waals surface area contributed by atoms with Crippen LogP contribution in [0.2, 0.25) is 0 Å². The van der Waals surface area contributed by atoms with Gasteiger partial charge in [0.25, 0.3) is 0 Å². The summed E-state index contributed by atoms with van der Waals surface area (Å²) in [5.74, 6) is 0.294. The Labute approximate surface area is 165 Å². The number of benzene rings is 2. The number of rotatable bonds is 4. The molecule has 0 spiro atoms. The van der Waals surface area contributed by atoms with Crippen LogP contribution in [0.15, 0.2) is 67.3 Å². The first kappa shape index (κ1) is 17.2. The Morgan fingerprint density at radius 2 is 1.83 bits per heavy atom. The van der Waals surface area contributed by atoms with Crippen LogP contribution in [0.25, 0.3) is 33.3 Å². The Morgan fingerprint density at radius 1 is 0.966 bits per heavy atom. The lowest BCUT2D eigenvalue weighted by atomic mass is 9.98. The second kappa shape index (κ2) is 6.94. The lowest BCUT2D eigenvalue weighted by molar-refractivity contribution is 0.637. The fourth-order valence-electron chi connectivity index (χ4n) is 3.49. The summed E-state index contributed by atoms with van der Waals surface area (Å²) in [7, 11) is 0. The van der Waals surface area contributed by atoms with Gasteiger partial charge in [0.1, 0.15) is 23.2 Å². The zero-order chi connectivity index (χ0) is 19.8. The lowest BCUT2D eigenvalue weighted by Gasteiger charge is -2.19. The summed E-state index contributed by atoms with van der Waals surface area (Å²) in [6.45, 7) is 2.02. The van der Waals surface area contributed by atoms with Gasteiger partial charge in [-0.25, -0.2) is 24.3 Å². The molecule has 2 aromatic carbocycles. The van der Waals surface area contributed by atoms with E-state index in [1.165, 1.54) is 12.4 Å². The summed E-state index contributed by atoms with van der Waals surface area (Å²) in [5.41, 5.74) is 4.29. The zero-order valence-electron chi connectivity index (χ0n) is 15.6. The highest BCUT2D eigenvalue weighted by atomic mass is 19.1. The maximum absolute atomic E-state index is 14.4. The minimum absolute atomic E-state index is 0.153. The van der Waals surface area contributed by atoms with Gasteiger partial charge in [-0.2, -0.15) is 0 Å². The minimum Gasteiger partial charge on any atom is -0.362 e. The van der Waals surface area contributed by atoms with E-state index in [9.17, 15) is 4.39 Å². The Kier molecular flexibility index (Phi) is 4.13. The van der Waals surface area contributed by atoms with Gasteiger partial charge in [0.15, 0.2) is 11.5 Å². The summed E-state index contributed by atoms with van der Waals surface area (Å²) in [4.78, 5) is 20.5. The fraction of sp³-hybridized carbons (Fsp3) is 0.0909. The second-order valence-corrected chi connectivity index (χ2v) is 6.79. The van der Waals surface area contributed by atoms with Crippen molar-refractivity contribution in [3.8, 4) is 11.3 Å². The quantitative estimate of drug-likeness (QED) is 0.462. The van der Waals surface area contributed by atoms with E-state index in [0.29, 0.717) is 22.5 Å². The average molecular weight is 384 g/mol. The lowest BCUT2D eigenvalue weighted by Crippen LogP contribution is -2.11. The molecule has 2 N–H and O–H groups in total. The minimum atomic E-state index is -0.333. The molecular formula is C22H17FN6. The molecule has 1 unspecified atom stereocenters. The van der Waals surface area contributed by atoms with E-state index >= 15 is 0 Å². The van der Waals surface area contributed by atoms with Crippen LogP contribution in [-0.4, -0.2) is 24.9 Å². The summed E-state index contributed by atoms with van der Waals surface area (Å²) in [5, 5.41) is 4.16. The summed E-state index contributed by atoms with van der Waals surface area (Å²) < 4.78 is 14.4. The molecule has 0 aliphatic heterocycles. The van der Waals surface area contributed by atoms with Crippen molar-refractivity contribution in [1.29, 1.82) is 0 Å². The Morgan fingerprint density at radius 3 is 2.69 bits per heavy atom. The summed E-state index contributed by atoms with van der Waals surface area (Å²) in [6.07, 6.45) is 3.08. The van der Waals surface area contributed by atoms with Gasteiger partial charge in [-0.15, -0.1) is 0 Å². The van der Waals surface area contributed by atoms with Gasteiger partial charge < -0.3 is 10.3 Å². The topological polar surface area (TPSA) is 79.4 Å². The molecule has 6 nitrogen and oxygen atoms in total. The van der Waals surface area contributed by atoms with Crippen molar-refractivity contribution in [1.82, 2.24) is 24.9 Å². The van der Waals surface area contributed by atoms with E-state index in [4.69, 9.17) is 4.98 Å².